The van der Waals surface area contributed by atoms with Crippen molar-refractivity contribution in [1.82, 2.24) is 4.57 Å². The Hall–Kier alpha value is -2.13. The highest BCUT2D eigenvalue weighted by atomic mass is 16.7. The van der Waals surface area contributed by atoms with E-state index in [-0.39, 0.29) is 13.0 Å². The number of ether oxygens (including phenoxy) is 3. The van der Waals surface area contributed by atoms with Gasteiger partial charge in [-0.15, -0.1) is 0 Å². The van der Waals surface area contributed by atoms with Gasteiger partial charge in [-0.3, -0.25) is 4.79 Å². The first kappa shape index (κ1) is 24.0. The number of aliphatic hydroxyl groups excluding tert-OH is 6. The Morgan fingerprint density at radius 1 is 1.06 bits per heavy atom. The van der Waals surface area contributed by atoms with Crippen LogP contribution < -0.4 is 0 Å². The van der Waals surface area contributed by atoms with Crippen LogP contribution in [0, 0.1) is 0 Å². The second-order valence-corrected chi connectivity index (χ2v) is 8.23. The summed E-state index contributed by atoms with van der Waals surface area (Å²) >= 11 is 0. The molecule has 1 aromatic carbocycles. The van der Waals surface area contributed by atoms with E-state index in [0.29, 0.717) is 16.5 Å². The van der Waals surface area contributed by atoms with Crippen molar-refractivity contribution in [3.05, 3.63) is 36.0 Å². The van der Waals surface area contributed by atoms with E-state index in [1.807, 2.05) is 0 Å². The Bertz CT molecular complexity index is 978. The van der Waals surface area contributed by atoms with Gasteiger partial charge in [-0.2, -0.15) is 0 Å². The predicted octanol–water partition coefficient (Wildman–Crippen LogP) is -2.30. The number of para-hydroxylation sites is 1. The largest absolute Gasteiger partial charge is 0.481 e. The highest BCUT2D eigenvalue weighted by Gasteiger charge is 2.49. The summed E-state index contributed by atoms with van der Waals surface area (Å²) in [5.41, 5.74) is 1.08. The maximum atomic E-state index is 11.3. The van der Waals surface area contributed by atoms with Crippen LogP contribution in [0.25, 0.3) is 10.9 Å². The SMILES string of the molecule is O=C(O)Cc1cn([C@@H]2OC[C@H](O)[C@@H](O)[C@H]2O[C@@H]2O[C@H](CO)[C@@H](O)[C@H](O)[C@H]2O)c2ccccc12. The zero-order valence-corrected chi connectivity index (χ0v) is 17.4. The van der Waals surface area contributed by atoms with Crippen LogP contribution >= 0.6 is 0 Å². The maximum Gasteiger partial charge on any atom is 0.307 e. The van der Waals surface area contributed by atoms with Gasteiger partial charge >= 0.3 is 5.97 Å². The number of aliphatic carboxylic acids is 1. The van der Waals surface area contributed by atoms with Gasteiger partial charge in [0.25, 0.3) is 0 Å². The van der Waals surface area contributed by atoms with E-state index in [2.05, 4.69) is 0 Å². The molecule has 9 atom stereocenters. The van der Waals surface area contributed by atoms with Crippen molar-refractivity contribution in [2.45, 2.75) is 61.7 Å². The minimum Gasteiger partial charge on any atom is -0.481 e. The highest BCUT2D eigenvalue weighted by molar-refractivity contribution is 5.87. The molecule has 12 nitrogen and oxygen atoms in total. The standard InChI is InChI=1S/C21H27NO11/c23-7-13-16(28)17(29)18(30)21(32-13)33-19-15(27)12(24)8-31-20(19)22-6-9(5-14(25)26)10-3-1-2-4-11(10)22/h1-4,6,12-13,15-21,23-24,27-30H,5,7-8H2,(H,25,26)/t12-,13+,15+,16+,17-,18+,19+,20+,21-/m0/s1. The Kier molecular flexibility index (Phi) is 7.00. The minimum absolute atomic E-state index is 0.249. The number of carboxylic acid groups (broad SMARTS) is 1. The van der Waals surface area contributed by atoms with E-state index < -0.39 is 67.8 Å². The van der Waals surface area contributed by atoms with Crippen LogP contribution in [0.2, 0.25) is 0 Å². The normalized spacial score (nSPS) is 37.3. The third-order valence-electron chi connectivity index (χ3n) is 6.03. The van der Waals surface area contributed by atoms with Crippen LogP contribution in [0.4, 0.5) is 0 Å². The lowest BCUT2D eigenvalue weighted by Gasteiger charge is -2.44. The lowest BCUT2D eigenvalue weighted by molar-refractivity contribution is -0.341. The van der Waals surface area contributed by atoms with Gasteiger partial charge in [-0.25, -0.2) is 0 Å². The highest BCUT2D eigenvalue weighted by Crippen LogP contribution is 2.35. The molecular formula is C21H27NO11. The van der Waals surface area contributed by atoms with Crippen molar-refractivity contribution in [1.29, 1.82) is 0 Å². The fraction of sp³-hybridized carbons (Fsp3) is 0.571. The average Bonchev–Trinajstić information content (AvgIpc) is 3.14. The average molecular weight is 469 g/mol. The van der Waals surface area contributed by atoms with Crippen molar-refractivity contribution in [3.63, 3.8) is 0 Å². The van der Waals surface area contributed by atoms with Gasteiger partial charge in [0.1, 0.15) is 42.7 Å². The molecular weight excluding hydrogens is 442 g/mol. The molecule has 3 heterocycles. The van der Waals surface area contributed by atoms with Gasteiger partial charge in [-0.1, -0.05) is 18.2 Å². The summed E-state index contributed by atoms with van der Waals surface area (Å²) in [6.07, 6.45) is -11.8. The van der Waals surface area contributed by atoms with E-state index >= 15 is 0 Å². The van der Waals surface area contributed by atoms with E-state index in [4.69, 9.17) is 14.2 Å². The number of fused-ring (bicyclic) bond motifs is 1. The first-order valence-corrected chi connectivity index (χ1v) is 10.5. The summed E-state index contributed by atoms with van der Waals surface area (Å²) in [5.74, 6) is -1.04. The monoisotopic (exact) mass is 469 g/mol. The predicted molar refractivity (Wildman–Crippen MR) is 109 cm³/mol. The van der Waals surface area contributed by atoms with Crippen molar-refractivity contribution < 1.29 is 54.8 Å². The third-order valence-corrected chi connectivity index (χ3v) is 6.03. The third kappa shape index (κ3) is 4.49. The number of hydrogen-bond donors (Lipinski definition) is 7. The molecule has 2 fully saturated rings. The zero-order valence-electron chi connectivity index (χ0n) is 17.4. The molecule has 4 rings (SSSR count). The topological polar surface area (TPSA) is 191 Å². The Morgan fingerprint density at radius 2 is 1.79 bits per heavy atom. The fourth-order valence-corrected chi connectivity index (χ4v) is 4.29. The van der Waals surface area contributed by atoms with Crippen LogP contribution in [0.3, 0.4) is 0 Å². The molecule has 1 aromatic heterocycles. The minimum atomic E-state index is -1.72. The summed E-state index contributed by atoms with van der Waals surface area (Å²) in [7, 11) is 0. The molecule has 0 aliphatic carbocycles. The number of benzene rings is 1. The summed E-state index contributed by atoms with van der Waals surface area (Å²) in [5, 5.41) is 70.5. The summed E-state index contributed by atoms with van der Waals surface area (Å²) in [4.78, 5) is 11.3. The van der Waals surface area contributed by atoms with Gasteiger partial charge in [0.2, 0.25) is 0 Å². The van der Waals surface area contributed by atoms with Gasteiger partial charge in [0.15, 0.2) is 12.5 Å². The van der Waals surface area contributed by atoms with E-state index in [1.54, 1.807) is 35.0 Å². The lowest BCUT2D eigenvalue weighted by atomic mass is 9.98. The Balaban J connectivity index is 1.69. The number of carbonyl (C=O) groups is 1. The molecule has 0 bridgehead atoms. The van der Waals surface area contributed by atoms with Crippen molar-refractivity contribution in [2.24, 2.45) is 0 Å². The molecule has 2 saturated heterocycles. The van der Waals surface area contributed by atoms with Gasteiger partial charge < -0.3 is 54.5 Å². The van der Waals surface area contributed by atoms with Crippen LogP contribution in [0.5, 0.6) is 0 Å². The molecule has 7 N–H and O–H groups in total. The molecule has 12 heteroatoms. The van der Waals surface area contributed by atoms with Gasteiger partial charge in [0.05, 0.1) is 25.2 Å². The Morgan fingerprint density at radius 3 is 2.48 bits per heavy atom. The molecule has 2 aromatic rings. The summed E-state index contributed by atoms with van der Waals surface area (Å²) in [6, 6.07) is 6.96. The molecule has 0 amide bonds. The molecule has 0 saturated carbocycles. The molecule has 33 heavy (non-hydrogen) atoms. The second kappa shape index (κ2) is 9.62. The Labute approximate surface area is 187 Å². The quantitative estimate of drug-likeness (QED) is 0.241. The van der Waals surface area contributed by atoms with Crippen molar-refractivity contribution >= 4 is 16.9 Å². The number of rotatable bonds is 6. The number of aliphatic hydroxyl groups is 6. The van der Waals surface area contributed by atoms with Gasteiger partial charge in [0, 0.05) is 11.6 Å². The van der Waals surface area contributed by atoms with Crippen LogP contribution in [-0.4, -0.2) is 109 Å². The van der Waals surface area contributed by atoms with Crippen LogP contribution in [0.15, 0.2) is 30.5 Å². The first-order chi connectivity index (χ1) is 15.7. The number of aromatic nitrogens is 1. The molecule has 0 spiro atoms. The van der Waals surface area contributed by atoms with Gasteiger partial charge in [-0.05, 0) is 11.6 Å². The molecule has 2 aliphatic heterocycles. The van der Waals surface area contributed by atoms with Crippen molar-refractivity contribution in [2.75, 3.05) is 13.2 Å². The molecule has 182 valence electrons. The number of carboxylic acids is 1. The van der Waals surface area contributed by atoms with Crippen LogP contribution in [0.1, 0.15) is 11.8 Å². The first-order valence-electron chi connectivity index (χ1n) is 10.5. The maximum absolute atomic E-state index is 11.3. The van der Waals surface area contributed by atoms with Crippen molar-refractivity contribution in [3.8, 4) is 0 Å². The van der Waals surface area contributed by atoms with E-state index in [0.717, 1.165) is 0 Å². The number of hydrogen-bond acceptors (Lipinski definition) is 10. The second-order valence-electron chi connectivity index (χ2n) is 8.23. The zero-order chi connectivity index (χ0) is 23.9. The summed E-state index contributed by atoms with van der Waals surface area (Å²) in [6.45, 7) is -0.914. The van der Waals surface area contributed by atoms with Crippen LogP contribution in [-0.2, 0) is 25.4 Å². The lowest BCUT2D eigenvalue weighted by Crippen LogP contribution is -2.62. The summed E-state index contributed by atoms with van der Waals surface area (Å²) < 4.78 is 18.4. The fourth-order valence-electron chi connectivity index (χ4n) is 4.29. The molecule has 2 aliphatic rings. The molecule has 0 radical (unpaired) electrons. The number of nitrogens with zero attached hydrogens (tertiary/aromatic N) is 1. The smallest absolute Gasteiger partial charge is 0.307 e. The van der Waals surface area contributed by atoms with E-state index in [1.165, 1.54) is 0 Å². The van der Waals surface area contributed by atoms with E-state index in [9.17, 15) is 40.5 Å². The molecule has 0 unspecified atom stereocenters.